The highest BCUT2D eigenvalue weighted by Gasteiger charge is 2.29. The molecule has 0 unspecified atom stereocenters. The standard InChI is InChI=1S/C15H19N3O/c1-2-12-5-3-4-6-14(12)19-13-9-18(10-13)11-15-16-7-8-17-15/h3-8,13H,2,9-11H2,1H3,(H,16,17). The summed E-state index contributed by atoms with van der Waals surface area (Å²) in [6, 6.07) is 8.30. The minimum absolute atomic E-state index is 0.308. The number of rotatable bonds is 5. The third-order valence-electron chi connectivity index (χ3n) is 3.50. The second-order valence-corrected chi connectivity index (χ2v) is 4.93. The summed E-state index contributed by atoms with van der Waals surface area (Å²) in [5, 5.41) is 0. The summed E-state index contributed by atoms with van der Waals surface area (Å²) >= 11 is 0. The van der Waals surface area contributed by atoms with Crippen molar-refractivity contribution in [2.24, 2.45) is 0 Å². The molecule has 1 aliphatic rings. The first-order valence-electron chi connectivity index (χ1n) is 6.80. The number of aryl methyl sites for hydroxylation is 1. The Labute approximate surface area is 113 Å². The molecule has 0 bridgehead atoms. The molecule has 0 spiro atoms. The molecular formula is C15H19N3O. The van der Waals surface area contributed by atoms with E-state index < -0.39 is 0 Å². The van der Waals surface area contributed by atoms with Crippen LogP contribution in [0.25, 0.3) is 0 Å². The van der Waals surface area contributed by atoms with Crippen molar-refractivity contribution in [3.8, 4) is 5.75 Å². The Hall–Kier alpha value is -1.81. The van der Waals surface area contributed by atoms with Gasteiger partial charge in [-0.1, -0.05) is 25.1 Å². The number of nitrogens with one attached hydrogen (secondary N) is 1. The van der Waals surface area contributed by atoms with E-state index in [1.807, 2.05) is 12.3 Å². The normalized spacial score (nSPS) is 16.3. The molecule has 1 aromatic carbocycles. The van der Waals surface area contributed by atoms with Gasteiger partial charge in [-0.2, -0.15) is 0 Å². The van der Waals surface area contributed by atoms with Gasteiger partial charge in [0, 0.05) is 25.5 Å². The first kappa shape index (κ1) is 12.2. The van der Waals surface area contributed by atoms with Gasteiger partial charge in [0.15, 0.2) is 0 Å². The molecule has 0 radical (unpaired) electrons. The number of aromatic nitrogens is 2. The lowest BCUT2D eigenvalue weighted by Crippen LogP contribution is -2.53. The van der Waals surface area contributed by atoms with Crippen LogP contribution in [-0.2, 0) is 13.0 Å². The number of ether oxygens (including phenoxy) is 1. The third-order valence-corrected chi connectivity index (χ3v) is 3.50. The van der Waals surface area contributed by atoms with E-state index >= 15 is 0 Å². The Kier molecular flexibility index (Phi) is 3.51. The monoisotopic (exact) mass is 257 g/mol. The van der Waals surface area contributed by atoms with Crippen LogP contribution in [0.1, 0.15) is 18.3 Å². The van der Waals surface area contributed by atoms with Crippen molar-refractivity contribution >= 4 is 0 Å². The van der Waals surface area contributed by atoms with Gasteiger partial charge in [-0.15, -0.1) is 0 Å². The summed E-state index contributed by atoms with van der Waals surface area (Å²) < 4.78 is 6.05. The Morgan fingerprint density at radius 1 is 1.37 bits per heavy atom. The van der Waals surface area contributed by atoms with Crippen LogP contribution < -0.4 is 4.74 Å². The quantitative estimate of drug-likeness (QED) is 0.893. The highest BCUT2D eigenvalue weighted by atomic mass is 16.5. The van der Waals surface area contributed by atoms with Gasteiger partial charge in [-0.05, 0) is 18.1 Å². The lowest BCUT2D eigenvalue weighted by Gasteiger charge is -2.38. The Morgan fingerprint density at radius 2 is 2.21 bits per heavy atom. The molecule has 0 amide bonds. The lowest BCUT2D eigenvalue weighted by atomic mass is 10.1. The molecule has 1 fully saturated rings. The molecule has 1 aliphatic heterocycles. The van der Waals surface area contributed by atoms with Crippen LogP contribution in [0.3, 0.4) is 0 Å². The second-order valence-electron chi connectivity index (χ2n) is 4.93. The van der Waals surface area contributed by atoms with Crippen molar-refractivity contribution in [1.29, 1.82) is 0 Å². The Balaban J connectivity index is 1.51. The molecule has 0 atom stereocenters. The zero-order valence-electron chi connectivity index (χ0n) is 11.2. The molecule has 2 heterocycles. The Bertz CT molecular complexity index is 518. The summed E-state index contributed by atoms with van der Waals surface area (Å²) in [5.74, 6) is 2.06. The zero-order valence-corrected chi connectivity index (χ0v) is 11.2. The molecule has 1 N–H and O–H groups in total. The maximum atomic E-state index is 6.05. The van der Waals surface area contributed by atoms with Gasteiger partial charge in [0.1, 0.15) is 17.7 Å². The molecule has 3 rings (SSSR count). The summed E-state index contributed by atoms with van der Waals surface area (Å²) in [4.78, 5) is 9.69. The highest BCUT2D eigenvalue weighted by molar-refractivity contribution is 5.33. The van der Waals surface area contributed by atoms with E-state index in [1.54, 1.807) is 6.20 Å². The fourth-order valence-corrected chi connectivity index (χ4v) is 2.41. The fourth-order valence-electron chi connectivity index (χ4n) is 2.41. The first-order valence-corrected chi connectivity index (χ1v) is 6.80. The number of nitrogens with zero attached hydrogens (tertiary/aromatic N) is 2. The highest BCUT2D eigenvalue weighted by Crippen LogP contribution is 2.23. The lowest BCUT2D eigenvalue weighted by molar-refractivity contribution is 0.0126. The average molecular weight is 257 g/mol. The van der Waals surface area contributed by atoms with Gasteiger partial charge in [0.2, 0.25) is 0 Å². The smallest absolute Gasteiger partial charge is 0.124 e. The number of H-pyrrole nitrogens is 1. The number of aromatic amines is 1. The molecule has 0 saturated carbocycles. The van der Waals surface area contributed by atoms with Gasteiger partial charge >= 0.3 is 0 Å². The molecule has 1 saturated heterocycles. The van der Waals surface area contributed by atoms with E-state index in [2.05, 4.69) is 40.0 Å². The predicted octanol–water partition coefficient (Wildman–Crippen LogP) is 2.24. The number of likely N-dealkylation sites (tertiary alicyclic amines) is 1. The van der Waals surface area contributed by atoms with Crippen molar-refractivity contribution in [3.63, 3.8) is 0 Å². The molecule has 4 heteroatoms. The molecule has 4 nitrogen and oxygen atoms in total. The van der Waals surface area contributed by atoms with Crippen LogP contribution in [0, 0.1) is 0 Å². The number of hydrogen-bond donors (Lipinski definition) is 1. The molecule has 1 aromatic heterocycles. The largest absolute Gasteiger partial charge is 0.487 e. The van der Waals surface area contributed by atoms with Crippen molar-refractivity contribution in [1.82, 2.24) is 14.9 Å². The number of hydrogen-bond acceptors (Lipinski definition) is 3. The fraction of sp³-hybridized carbons (Fsp3) is 0.400. The van der Waals surface area contributed by atoms with Crippen molar-refractivity contribution in [3.05, 3.63) is 48.0 Å². The average Bonchev–Trinajstić information content (AvgIpc) is 2.89. The first-order chi connectivity index (χ1) is 9.35. The Morgan fingerprint density at radius 3 is 2.95 bits per heavy atom. The number of para-hydroxylation sites is 1. The van der Waals surface area contributed by atoms with Crippen molar-refractivity contribution in [2.45, 2.75) is 26.0 Å². The zero-order chi connectivity index (χ0) is 13.1. The summed E-state index contributed by atoms with van der Waals surface area (Å²) in [7, 11) is 0. The van der Waals surface area contributed by atoms with Crippen LogP contribution >= 0.6 is 0 Å². The summed E-state index contributed by atoms with van der Waals surface area (Å²) in [5.41, 5.74) is 1.28. The summed E-state index contributed by atoms with van der Waals surface area (Å²) in [6.07, 6.45) is 4.97. The van der Waals surface area contributed by atoms with Gasteiger partial charge in [0.05, 0.1) is 6.54 Å². The van der Waals surface area contributed by atoms with Crippen molar-refractivity contribution in [2.75, 3.05) is 13.1 Å². The molecule has 19 heavy (non-hydrogen) atoms. The van der Waals surface area contributed by atoms with Crippen LogP contribution in [0.4, 0.5) is 0 Å². The van der Waals surface area contributed by atoms with E-state index in [0.717, 1.165) is 37.6 Å². The third kappa shape index (κ3) is 2.79. The van der Waals surface area contributed by atoms with E-state index in [9.17, 15) is 0 Å². The van der Waals surface area contributed by atoms with Crippen LogP contribution in [0.5, 0.6) is 5.75 Å². The molecule has 0 aliphatic carbocycles. The van der Waals surface area contributed by atoms with E-state index in [0.29, 0.717) is 6.10 Å². The second kappa shape index (κ2) is 5.45. The summed E-state index contributed by atoms with van der Waals surface area (Å²) in [6.45, 7) is 4.98. The number of benzene rings is 1. The van der Waals surface area contributed by atoms with E-state index in [-0.39, 0.29) is 0 Å². The minimum Gasteiger partial charge on any atom is -0.487 e. The predicted molar refractivity (Wildman–Crippen MR) is 74.1 cm³/mol. The molecule has 2 aromatic rings. The van der Waals surface area contributed by atoms with Gasteiger partial charge in [-0.3, -0.25) is 4.90 Å². The SMILES string of the molecule is CCc1ccccc1OC1CN(Cc2ncc[nH]2)C1. The maximum Gasteiger partial charge on any atom is 0.124 e. The van der Waals surface area contributed by atoms with E-state index in [4.69, 9.17) is 4.74 Å². The topological polar surface area (TPSA) is 41.1 Å². The van der Waals surface area contributed by atoms with Gasteiger partial charge < -0.3 is 9.72 Å². The van der Waals surface area contributed by atoms with E-state index in [1.165, 1.54) is 5.56 Å². The van der Waals surface area contributed by atoms with Gasteiger partial charge in [0.25, 0.3) is 0 Å². The molecule has 100 valence electrons. The van der Waals surface area contributed by atoms with Crippen molar-refractivity contribution < 1.29 is 4.74 Å². The molecular weight excluding hydrogens is 238 g/mol. The van der Waals surface area contributed by atoms with Crippen LogP contribution in [0.2, 0.25) is 0 Å². The van der Waals surface area contributed by atoms with Crippen LogP contribution in [-0.4, -0.2) is 34.1 Å². The van der Waals surface area contributed by atoms with Crippen LogP contribution in [0.15, 0.2) is 36.7 Å². The maximum absolute atomic E-state index is 6.05. The minimum atomic E-state index is 0.308. The number of imidazole rings is 1. The van der Waals surface area contributed by atoms with Gasteiger partial charge in [-0.25, -0.2) is 4.98 Å².